The Morgan fingerprint density at radius 3 is 2.43 bits per heavy atom. The average Bonchev–Trinajstić information content (AvgIpc) is 3.30. The molecule has 158 valence electrons. The summed E-state index contributed by atoms with van der Waals surface area (Å²) in [6, 6.07) is 17.6. The number of amides is 1. The number of hydrogen-bond acceptors (Lipinski definition) is 5. The van der Waals surface area contributed by atoms with Crippen LogP contribution >= 0.6 is 11.3 Å². The molecule has 0 aliphatic heterocycles. The fraction of sp³-hybridized carbons (Fsp3) is 0.227. The lowest BCUT2D eigenvalue weighted by Gasteiger charge is -2.26. The maximum atomic E-state index is 12.8. The van der Waals surface area contributed by atoms with Crippen molar-refractivity contribution in [3.63, 3.8) is 0 Å². The van der Waals surface area contributed by atoms with E-state index in [0.29, 0.717) is 5.69 Å². The second-order valence-corrected chi connectivity index (χ2v) is 9.69. The number of carbonyl (C=O) groups is 1. The van der Waals surface area contributed by atoms with Gasteiger partial charge in [0.1, 0.15) is 9.96 Å². The maximum absolute atomic E-state index is 12.8. The fourth-order valence-electron chi connectivity index (χ4n) is 3.05. The Labute approximate surface area is 181 Å². The van der Waals surface area contributed by atoms with Crippen LogP contribution in [0.3, 0.4) is 0 Å². The van der Waals surface area contributed by atoms with E-state index < -0.39 is 10.0 Å². The third kappa shape index (κ3) is 5.01. The van der Waals surface area contributed by atoms with E-state index in [1.54, 1.807) is 60.8 Å². The van der Waals surface area contributed by atoms with Crippen LogP contribution in [0.25, 0.3) is 0 Å². The van der Waals surface area contributed by atoms with Crippen molar-refractivity contribution in [3.8, 4) is 5.75 Å². The molecule has 0 radical (unpaired) electrons. The van der Waals surface area contributed by atoms with Crippen molar-refractivity contribution in [2.45, 2.75) is 23.6 Å². The van der Waals surface area contributed by atoms with Gasteiger partial charge < -0.3 is 9.64 Å². The summed E-state index contributed by atoms with van der Waals surface area (Å²) in [5, 5.41) is 1.71. The molecule has 30 heavy (non-hydrogen) atoms. The Balaban J connectivity index is 1.65. The van der Waals surface area contributed by atoms with Gasteiger partial charge in [-0.05, 0) is 42.1 Å². The minimum absolute atomic E-state index is 0.0414. The van der Waals surface area contributed by atoms with E-state index in [1.807, 2.05) is 31.2 Å². The first-order valence-corrected chi connectivity index (χ1v) is 11.7. The van der Waals surface area contributed by atoms with Gasteiger partial charge in [-0.1, -0.05) is 36.4 Å². The number of para-hydroxylation sites is 1. The number of benzene rings is 2. The summed E-state index contributed by atoms with van der Waals surface area (Å²) in [6.45, 7) is 1.96. The topological polar surface area (TPSA) is 75.7 Å². The molecule has 1 atom stereocenters. The quantitative estimate of drug-likeness (QED) is 0.561. The fourth-order valence-corrected chi connectivity index (χ4v) is 5.10. The van der Waals surface area contributed by atoms with Crippen molar-refractivity contribution in [3.05, 3.63) is 77.2 Å². The van der Waals surface area contributed by atoms with E-state index in [-0.39, 0.29) is 22.6 Å². The van der Waals surface area contributed by atoms with Crippen molar-refractivity contribution in [2.75, 3.05) is 18.9 Å². The SMILES string of the molecule is COc1ccccc1C(C)N(C)C(=O)Cc1ccc(NS(=O)(=O)c2cccs2)cc1. The summed E-state index contributed by atoms with van der Waals surface area (Å²) < 4.78 is 32.8. The lowest BCUT2D eigenvalue weighted by molar-refractivity contribution is -0.131. The largest absolute Gasteiger partial charge is 0.496 e. The molecular formula is C22H24N2O4S2. The van der Waals surface area contributed by atoms with Crippen LogP contribution in [-0.2, 0) is 21.2 Å². The molecule has 2 aromatic carbocycles. The summed E-state index contributed by atoms with van der Waals surface area (Å²) in [6.07, 6.45) is 0.216. The number of hydrogen-bond donors (Lipinski definition) is 1. The monoisotopic (exact) mass is 444 g/mol. The van der Waals surface area contributed by atoms with Gasteiger partial charge in [0, 0.05) is 18.3 Å². The van der Waals surface area contributed by atoms with Crippen molar-refractivity contribution in [1.29, 1.82) is 0 Å². The summed E-state index contributed by atoms with van der Waals surface area (Å²) in [7, 11) is -0.207. The Morgan fingerprint density at radius 2 is 1.80 bits per heavy atom. The average molecular weight is 445 g/mol. The smallest absolute Gasteiger partial charge is 0.271 e. The molecule has 1 aromatic heterocycles. The molecule has 1 N–H and O–H groups in total. The number of rotatable bonds is 8. The zero-order chi connectivity index (χ0) is 21.7. The van der Waals surface area contributed by atoms with Crippen molar-refractivity contribution in [1.82, 2.24) is 4.90 Å². The van der Waals surface area contributed by atoms with E-state index in [2.05, 4.69) is 4.72 Å². The van der Waals surface area contributed by atoms with Crippen LogP contribution < -0.4 is 9.46 Å². The van der Waals surface area contributed by atoms with Gasteiger partial charge in [-0.2, -0.15) is 0 Å². The van der Waals surface area contributed by atoms with E-state index in [9.17, 15) is 13.2 Å². The standard InChI is InChI=1S/C22H24N2O4S2/c1-16(19-7-4-5-8-20(19)28-3)24(2)21(25)15-17-10-12-18(13-11-17)23-30(26,27)22-9-6-14-29-22/h4-14,16,23H,15H2,1-3H3. The molecule has 0 aliphatic rings. The van der Waals surface area contributed by atoms with Crippen molar-refractivity contribution < 1.29 is 17.9 Å². The molecule has 3 rings (SSSR count). The van der Waals surface area contributed by atoms with Gasteiger partial charge in [0.25, 0.3) is 10.0 Å². The van der Waals surface area contributed by atoms with Crippen LogP contribution in [0.1, 0.15) is 24.1 Å². The first kappa shape index (κ1) is 21.9. The van der Waals surface area contributed by atoms with Gasteiger partial charge in [0.15, 0.2) is 0 Å². The van der Waals surface area contributed by atoms with E-state index in [1.165, 1.54) is 0 Å². The molecule has 0 spiro atoms. The molecular weight excluding hydrogens is 420 g/mol. The maximum Gasteiger partial charge on any atom is 0.271 e. The molecule has 0 saturated heterocycles. The highest BCUT2D eigenvalue weighted by molar-refractivity contribution is 7.94. The minimum Gasteiger partial charge on any atom is -0.496 e. The zero-order valence-electron chi connectivity index (χ0n) is 17.0. The molecule has 1 unspecified atom stereocenters. The molecule has 8 heteroatoms. The number of nitrogens with one attached hydrogen (secondary N) is 1. The molecule has 0 aliphatic carbocycles. The predicted molar refractivity (Wildman–Crippen MR) is 119 cm³/mol. The second-order valence-electron chi connectivity index (χ2n) is 6.83. The van der Waals surface area contributed by atoms with E-state index in [4.69, 9.17) is 4.74 Å². The van der Waals surface area contributed by atoms with Gasteiger partial charge >= 0.3 is 0 Å². The number of sulfonamides is 1. The number of anilines is 1. The van der Waals surface area contributed by atoms with Gasteiger partial charge in [0.2, 0.25) is 5.91 Å². The first-order chi connectivity index (χ1) is 14.3. The highest BCUT2D eigenvalue weighted by Crippen LogP contribution is 2.28. The Kier molecular flexibility index (Phi) is 6.79. The normalized spacial score (nSPS) is 12.2. The van der Waals surface area contributed by atoms with Crippen LogP contribution in [0, 0.1) is 0 Å². The first-order valence-electron chi connectivity index (χ1n) is 9.35. The van der Waals surface area contributed by atoms with Crippen molar-refractivity contribution in [2.24, 2.45) is 0 Å². The van der Waals surface area contributed by atoms with Crippen LogP contribution in [0.2, 0.25) is 0 Å². The third-order valence-corrected chi connectivity index (χ3v) is 7.66. The molecule has 0 fully saturated rings. The number of methoxy groups -OCH3 is 1. The van der Waals surface area contributed by atoms with E-state index in [0.717, 1.165) is 28.2 Å². The Morgan fingerprint density at radius 1 is 1.10 bits per heavy atom. The number of ether oxygens (including phenoxy) is 1. The lowest BCUT2D eigenvalue weighted by atomic mass is 10.0. The Hall–Kier alpha value is -2.84. The van der Waals surface area contributed by atoms with Crippen molar-refractivity contribution >= 4 is 33.0 Å². The second kappa shape index (κ2) is 9.32. The molecule has 3 aromatic rings. The molecule has 0 saturated carbocycles. The van der Waals surface area contributed by atoms with Gasteiger partial charge in [0.05, 0.1) is 19.6 Å². The highest BCUT2D eigenvalue weighted by Gasteiger charge is 2.20. The van der Waals surface area contributed by atoms with Gasteiger partial charge in [-0.25, -0.2) is 8.42 Å². The lowest BCUT2D eigenvalue weighted by Crippen LogP contribution is -2.31. The zero-order valence-corrected chi connectivity index (χ0v) is 18.7. The van der Waals surface area contributed by atoms with Gasteiger partial charge in [-0.15, -0.1) is 11.3 Å². The number of carbonyl (C=O) groups excluding carboxylic acids is 1. The summed E-state index contributed by atoms with van der Waals surface area (Å²) in [5.74, 6) is 0.701. The van der Waals surface area contributed by atoms with E-state index >= 15 is 0 Å². The van der Waals surface area contributed by atoms with Crippen LogP contribution in [-0.4, -0.2) is 33.4 Å². The predicted octanol–water partition coefficient (Wildman–Crippen LogP) is 4.32. The minimum atomic E-state index is -3.59. The number of nitrogens with zero attached hydrogens (tertiary/aromatic N) is 1. The number of likely N-dealkylation sites (N-methyl/N-ethyl adjacent to an activating group) is 1. The van der Waals surface area contributed by atoms with Crippen LogP contribution in [0.5, 0.6) is 5.75 Å². The molecule has 1 heterocycles. The Bertz CT molecular complexity index is 1090. The highest BCUT2D eigenvalue weighted by atomic mass is 32.2. The molecule has 6 nitrogen and oxygen atoms in total. The third-order valence-electron chi connectivity index (χ3n) is 4.88. The number of thiophene rings is 1. The summed E-state index contributed by atoms with van der Waals surface area (Å²) in [5.41, 5.74) is 2.20. The van der Waals surface area contributed by atoms with Crippen LogP contribution in [0.15, 0.2) is 70.3 Å². The summed E-state index contributed by atoms with van der Waals surface area (Å²) in [4.78, 5) is 14.5. The molecule has 0 bridgehead atoms. The molecule has 1 amide bonds. The van der Waals surface area contributed by atoms with Crippen LogP contribution in [0.4, 0.5) is 5.69 Å². The summed E-state index contributed by atoms with van der Waals surface area (Å²) >= 11 is 1.16. The van der Waals surface area contributed by atoms with Gasteiger partial charge in [-0.3, -0.25) is 9.52 Å².